The quantitative estimate of drug-likeness (QED) is 0.0201. The molecule has 1 aliphatic rings. The molecule has 1 saturated heterocycles. The molecule has 22 nitrogen and oxygen atoms in total. The first-order chi connectivity index (χ1) is 33.2. The van der Waals surface area contributed by atoms with E-state index in [4.69, 9.17) is 17.2 Å². The van der Waals surface area contributed by atoms with Gasteiger partial charge in [-0.25, -0.2) is 4.79 Å². The lowest BCUT2D eigenvalue weighted by atomic mass is 9.96. The normalized spacial score (nSPS) is 16.7. The van der Waals surface area contributed by atoms with E-state index < -0.39 is 108 Å². The Balaban J connectivity index is 1.77. The molecule has 0 saturated carbocycles. The molecule has 9 unspecified atom stereocenters. The van der Waals surface area contributed by atoms with E-state index in [0.717, 1.165) is 0 Å². The SMILES string of the molecule is CCC(C)C(NC(=O)C(Cc1ccccc1)NC(=O)C1CCCN1C(=O)C(CC(C)C)NC(=O)C(N)CCCN=C(N)N)C(=O)NC(CS)C(=O)NC(CO)C(=O)NC(Cc1ccc(O)cc1)C(=O)O. The van der Waals surface area contributed by atoms with E-state index in [0.29, 0.717) is 30.4 Å². The smallest absolute Gasteiger partial charge is 0.326 e. The lowest BCUT2D eigenvalue weighted by Gasteiger charge is -2.31. The molecule has 1 fully saturated rings. The van der Waals surface area contributed by atoms with Crippen molar-refractivity contribution in [3.63, 3.8) is 0 Å². The van der Waals surface area contributed by atoms with Crippen LogP contribution < -0.4 is 49.1 Å². The van der Waals surface area contributed by atoms with E-state index in [1.165, 1.54) is 29.2 Å². The average Bonchev–Trinajstić information content (AvgIpc) is 3.82. The predicted octanol–water partition coefficient (Wildman–Crippen LogP) is -1.44. The van der Waals surface area contributed by atoms with Crippen molar-refractivity contribution in [2.75, 3.05) is 25.4 Å². The fourth-order valence-electron chi connectivity index (χ4n) is 7.67. The highest BCUT2D eigenvalue weighted by atomic mass is 32.1. The van der Waals surface area contributed by atoms with E-state index in [2.05, 4.69) is 49.5 Å². The molecule has 3 rings (SSSR count). The number of nitrogens with two attached hydrogens (primary N) is 3. The molecule has 0 spiro atoms. The zero-order valence-electron chi connectivity index (χ0n) is 40.1. The van der Waals surface area contributed by atoms with Crippen molar-refractivity contribution in [2.24, 2.45) is 34.0 Å². The Morgan fingerprint density at radius 1 is 0.757 bits per heavy atom. The molecule has 1 heterocycles. The molecule has 0 radical (unpaired) electrons. The maximum atomic E-state index is 14.3. The van der Waals surface area contributed by atoms with E-state index in [1.54, 1.807) is 44.2 Å². The molecular weight excluding hydrogens is 927 g/mol. The molecule has 9 atom stereocenters. The number of hydrogen-bond acceptors (Lipinski definition) is 13. The maximum Gasteiger partial charge on any atom is 0.326 e. The number of rotatable bonds is 28. The number of phenols is 1. The largest absolute Gasteiger partial charge is 0.508 e. The van der Waals surface area contributed by atoms with Crippen LogP contribution in [0.2, 0.25) is 0 Å². The number of carboxylic acid groups (broad SMARTS) is 1. The first-order valence-corrected chi connectivity index (χ1v) is 24.0. The number of aliphatic imine (C=N–C) groups is 1. The number of nitrogens with zero attached hydrogens (tertiary/aromatic N) is 2. The number of aromatic hydroxyl groups is 1. The number of thiol groups is 1. The van der Waals surface area contributed by atoms with E-state index in [9.17, 15) is 53.7 Å². The van der Waals surface area contributed by atoms with Crippen LogP contribution in [0.1, 0.15) is 77.3 Å². The second kappa shape index (κ2) is 28.9. The number of benzene rings is 2. The van der Waals surface area contributed by atoms with Crippen molar-refractivity contribution >= 4 is 65.9 Å². The number of likely N-dealkylation sites (tertiary alicyclic amines) is 1. The highest BCUT2D eigenvalue weighted by Gasteiger charge is 2.40. The zero-order chi connectivity index (χ0) is 52.1. The van der Waals surface area contributed by atoms with Gasteiger partial charge in [-0.1, -0.05) is 76.6 Å². The maximum absolute atomic E-state index is 14.3. The Bertz CT molecular complexity index is 2110. The molecule has 2 aromatic carbocycles. The molecule has 386 valence electrons. The van der Waals surface area contributed by atoms with Gasteiger partial charge in [0.1, 0.15) is 48.0 Å². The summed E-state index contributed by atoms with van der Waals surface area (Å²) in [7, 11) is 0. The number of carboxylic acids is 1. The summed E-state index contributed by atoms with van der Waals surface area (Å²) in [4.78, 5) is 114. The van der Waals surface area contributed by atoms with Crippen LogP contribution in [0.5, 0.6) is 5.75 Å². The van der Waals surface area contributed by atoms with Crippen LogP contribution >= 0.6 is 12.6 Å². The fourth-order valence-corrected chi connectivity index (χ4v) is 7.93. The summed E-state index contributed by atoms with van der Waals surface area (Å²) in [6, 6.07) is 4.49. The number of aliphatic carboxylic acids is 1. The van der Waals surface area contributed by atoms with Crippen LogP contribution in [-0.4, -0.2) is 147 Å². The average molecular weight is 998 g/mol. The van der Waals surface area contributed by atoms with Gasteiger partial charge in [0.15, 0.2) is 5.96 Å². The Morgan fingerprint density at radius 3 is 1.91 bits per heavy atom. The molecule has 0 aromatic heterocycles. The van der Waals surface area contributed by atoms with E-state index in [-0.39, 0.29) is 68.6 Å². The van der Waals surface area contributed by atoms with Gasteiger partial charge < -0.3 is 69.3 Å². The van der Waals surface area contributed by atoms with Crippen LogP contribution in [0.15, 0.2) is 59.6 Å². The van der Waals surface area contributed by atoms with Gasteiger partial charge in [-0.3, -0.25) is 38.6 Å². The third-order valence-electron chi connectivity index (χ3n) is 11.8. The van der Waals surface area contributed by atoms with E-state index in [1.807, 2.05) is 13.8 Å². The van der Waals surface area contributed by atoms with Crippen LogP contribution in [0, 0.1) is 11.8 Å². The van der Waals surface area contributed by atoms with Crippen molar-refractivity contribution in [1.29, 1.82) is 0 Å². The number of aliphatic hydroxyl groups excluding tert-OH is 1. The molecular formula is C47H71N11O11S. The van der Waals surface area contributed by atoms with Gasteiger partial charge in [0, 0.05) is 31.7 Å². The van der Waals surface area contributed by atoms with Gasteiger partial charge in [0.05, 0.1) is 12.6 Å². The van der Waals surface area contributed by atoms with Crippen molar-refractivity contribution in [3.05, 3.63) is 65.7 Å². The standard InChI is InChI=1S/C47H71N11O11S/c1-5-27(4)38(44(66)56-36(25-70)42(64)55-35(24-59)41(63)54-34(46(68)69)23-29-15-17-30(60)18-16-29)57-40(62)32(22-28-11-7-6-8-12-28)52-43(65)37-14-10-20-58(37)45(67)33(21-26(2)3)53-39(61)31(48)13-9-19-51-47(49)50/h6-8,11-12,15-18,26-27,31-38,59-60,70H,5,9-10,13-14,19-25,48H2,1-4H3,(H,52,65)(H,53,61)(H,54,63)(H,55,64)(H,56,66)(H,57,62)(H,68,69)(H4,49,50,51). The van der Waals surface area contributed by atoms with Crippen molar-refractivity contribution < 1.29 is 53.7 Å². The van der Waals surface area contributed by atoms with Crippen molar-refractivity contribution in [2.45, 2.75) is 127 Å². The summed E-state index contributed by atoms with van der Waals surface area (Å²) in [6.45, 7) is 6.81. The third-order valence-corrected chi connectivity index (χ3v) is 12.2. The van der Waals surface area contributed by atoms with Gasteiger partial charge in [-0.15, -0.1) is 0 Å². The number of hydrogen-bond donors (Lipinski definition) is 13. The van der Waals surface area contributed by atoms with Gasteiger partial charge in [0.2, 0.25) is 41.4 Å². The Labute approximate surface area is 413 Å². The Hall–Kier alpha value is -6.46. The highest BCUT2D eigenvalue weighted by Crippen LogP contribution is 2.22. The second-order valence-electron chi connectivity index (χ2n) is 17.8. The summed E-state index contributed by atoms with van der Waals surface area (Å²) in [5, 5.41) is 44.9. The van der Waals surface area contributed by atoms with Crippen LogP contribution in [0.4, 0.5) is 0 Å². The summed E-state index contributed by atoms with van der Waals surface area (Å²) >= 11 is 4.22. The Kier molecular flexibility index (Phi) is 23.9. The molecule has 0 bridgehead atoms. The summed E-state index contributed by atoms with van der Waals surface area (Å²) < 4.78 is 0. The van der Waals surface area contributed by atoms with Crippen molar-refractivity contribution in [3.8, 4) is 5.75 Å². The number of nitrogens with one attached hydrogen (secondary N) is 6. The zero-order valence-corrected chi connectivity index (χ0v) is 41.0. The monoisotopic (exact) mass is 998 g/mol. The summed E-state index contributed by atoms with van der Waals surface area (Å²) in [5.74, 6) is -7.53. The number of guanidine groups is 1. The minimum absolute atomic E-state index is 0.00894. The van der Waals surface area contributed by atoms with Crippen LogP contribution in [-0.2, 0) is 51.2 Å². The number of phenolic OH excluding ortho intramolecular Hbond substituents is 1. The number of amides is 7. The number of carbonyl (C=O) groups excluding carboxylic acids is 7. The summed E-state index contributed by atoms with van der Waals surface area (Å²) in [6.07, 6.45) is 1.87. The minimum Gasteiger partial charge on any atom is -0.508 e. The third kappa shape index (κ3) is 18.5. The van der Waals surface area contributed by atoms with Crippen LogP contribution in [0.25, 0.3) is 0 Å². The molecule has 23 heteroatoms. The summed E-state index contributed by atoms with van der Waals surface area (Å²) in [5.41, 5.74) is 18.0. The van der Waals surface area contributed by atoms with E-state index >= 15 is 0 Å². The minimum atomic E-state index is -1.64. The number of carbonyl (C=O) groups is 8. The fraction of sp³-hybridized carbons (Fsp3) is 0.553. The van der Waals surface area contributed by atoms with Gasteiger partial charge in [-0.05, 0) is 67.2 Å². The first kappa shape index (κ1) is 57.9. The molecule has 1 aliphatic heterocycles. The molecule has 15 N–H and O–H groups in total. The predicted molar refractivity (Wildman–Crippen MR) is 264 cm³/mol. The van der Waals surface area contributed by atoms with Gasteiger partial charge >= 0.3 is 5.97 Å². The van der Waals surface area contributed by atoms with Gasteiger partial charge in [-0.2, -0.15) is 12.6 Å². The number of aliphatic hydroxyl groups is 1. The van der Waals surface area contributed by atoms with Crippen molar-refractivity contribution in [1.82, 2.24) is 36.8 Å². The van der Waals surface area contributed by atoms with Gasteiger partial charge in [0.25, 0.3) is 0 Å². The Morgan fingerprint density at radius 2 is 1.33 bits per heavy atom. The second-order valence-corrected chi connectivity index (χ2v) is 18.2. The molecule has 0 aliphatic carbocycles. The molecule has 70 heavy (non-hydrogen) atoms. The molecule has 7 amide bonds. The first-order valence-electron chi connectivity index (χ1n) is 23.4. The highest BCUT2D eigenvalue weighted by molar-refractivity contribution is 7.80. The molecule has 2 aromatic rings. The lowest BCUT2D eigenvalue weighted by Crippen LogP contribution is -2.61. The van der Waals surface area contributed by atoms with Crippen LogP contribution in [0.3, 0.4) is 0 Å². The topological polar surface area (TPSA) is 363 Å². The lowest BCUT2D eigenvalue weighted by molar-refractivity contribution is -0.142.